The Hall–Kier alpha value is -3.47. The highest BCUT2D eigenvalue weighted by Crippen LogP contribution is 2.31. The minimum atomic E-state index is -0.0867. The number of aromatic nitrogens is 3. The van der Waals surface area contributed by atoms with Gasteiger partial charge in [0.2, 0.25) is 5.91 Å². The van der Waals surface area contributed by atoms with Gasteiger partial charge in [0.25, 0.3) is 0 Å². The number of carbonyl (C=O) groups is 1. The van der Waals surface area contributed by atoms with Crippen molar-refractivity contribution in [2.75, 3.05) is 5.32 Å². The van der Waals surface area contributed by atoms with Gasteiger partial charge in [-0.2, -0.15) is 0 Å². The number of benzene rings is 1. The molecule has 0 aliphatic rings. The highest BCUT2D eigenvalue weighted by molar-refractivity contribution is 5.96. The summed E-state index contributed by atoms with van der Waals surface area (Å²) >= 11 is 0. The number of fused-ring (bicyclic) bond motifs is 1. The molecule has 0 unspecified atom stereocenters. The van der Waals surface area contributed by atoms with Crippen LogP contribution in [-0.2, 0) is 4.79 Å². The molecular weight excluding hydrogens is 312 g/mol. The minimum absolute atomic E-state index is 0.0867. The molecule has 1 aromatic carbocycles. The van der Waals surface area contributed by atoms with E-state index in [1.807, 2.05) is 48.8 Å². The van der Waals surface area contributed by atoms with Crippen molar-refractivity contribution in [1.82, 2.24) is 15.0 Å². The lowest BCUT2D eigenvalue weighted by molar-refractivity contribution is -0.114. The van der Waals surface area contributed by atoms with Crippen LogP contribution in [0.3, 0.4) is 0 Å². The van der Waals surface area contributed by atoms with E-state index < -0.39 is 0 Å². The SMILES string of the molecule is CC(=O)Nc1cccc(-c2cnc3[nH]cc(-c4ccncc4)c3c2)c1. The zero-order valence-corrected chi connectivity index (χ0v) is 13.7. The van der Waals surface area contributed by atoms with E-state index in [0.29, 0.717) is 0 Å². The van der Waals surface area contributed by atoms with Gasteiger partial charge in [0, 0.05) is 53.9 Å². The molecule has 3 heterocycles. The average Bonchev–Trinajstić information content (AvgIpc) is 3.05. The number of amides is 1. The molecule has 5 nitrogen and oxygen atoms in total. The van der Waals surface area contributed by atoms with Gasteiger partial charge in [-0.05, 0) is 41.5 Å². The average molecular weight is 328 g/mol. The lowest BCUT2D eigenvalue weighted by atomic mass is 10.0. The van der Waals surface area contributed by atoms with E-state index in [4.69, 9.17) is 0 Å². The summed E-state index contributed by atoms with van der Waals surface area (Å²) in [6, 6.07) is 13.8. The van der Waals surface area contributed by atoms with Gasteiger partial charge in [-0.3, -0.25) is 9.78 Å². The molecule has 0 aliphatic carbocycles. The number of aromatic amines is 1. The van der Waals surface area contributed by atoms with Crippen LogP contribution in [0.2, 0.25) is 0 Å². The van der Waals surface area contributed by atoms with Crippen LogP contribution >= 0.6 is 0 Å². The summed E-state index contributed by atoms with van der Waals surface area (Å²) < 4.78 is 0. The topological polar surface area (TPSA) is 70.7 Å². The fourth-order valence-corrected chi connectivity index (χ4v) is 2.91. The zero-order valence-electron chi connectivity index (χ0n) is 13.7. The molecule has 0 spiro atoms. The summed E-state index contributed by atoms with van der Waals surface area (Å²) in [5.41, 5.74) is 5.79. The van der Waals surface area contributed by atoms with E-state index in [0.717, 1.165) is 39.0 Å². The van der Waals surface area contributed by atoms with Gasteiger partial charge >= 0.3 is 0 Å². The number of rotatable bonds is 3. The Morgan fingerprint density at radius 3 is 2.68 bits per heavy atom. The molecule has 1 amide bonds. The van der Waals surface area contributed by atoms with Crippen LogP contribution in [0.25, 0.3) is 33.3 Å². The smallest absolute Gasteiger partial charge is 0.221 e. The van der Waals surface area contributed by atoms with Crippen molar-refractivity contribution in [2.24, 2.45) is 0 Å². The normalized spacial score (nSPS) is 10.8. The zero-order chi connectivity index (χ0) is 17.2. The summed E-state index contributed by atoms with van der Waals surface area (Å²) in [7, 11) is 0. The second-order valence-corrected chi connectivity index (χ2v) is 5.82. The molecule has 0 fully saturated rings. The molecule has 3 aromatic heterocycles. The summed E-state index contributed by atoms with van der Waals surface area (Å²) in [5.74, 6) is -0.0867. The van der Waals surface area contributed by atoms with E-state index in [1.165, 1.54) is 6.92 Å². The quantitative estimate of drug-likeness (QED) is 0.590. The Morgan fingerprint density at radius 1 is 1.04 bits per heavy atom. The van der Waals surface area contributed by atoms with Crippen molar-refractivity contribution < 1.29 is 4.79 Å². The number of nitrogens with zero attached hydrogens (tertiary/aromatic N) is 2. The van der Waals surface area contributed by atoms with Gasteiger partial charge in [0.1, 0.15) is 5.65 Å². The highest BCUT2D eigenvalue weighted by Gasteiger charge is 2.09. The third-order valence-electron chi connectivity index (χ3n) is 4.04. The van der Waals surface area contributed by atoms with E-state index >= 15 is 0 Å². The third-order valence-corrected chi connectivity index (χ3v) is 4.04. The van der Waals surface area contributed by atoms with E-state index in [9.17, 15) is 4.79 Å². The maximum absolute atomic E-state index is 11.3. The summed E-state index contributed by atoms with van der Waals surface area (Å²) in [4.78, 5) is 23.1. The van der Waals surface area contributed by atoms with Crippen molar-refractivity contribution in [3.05, 3.63) is 67.3 Å². The van der Waals surface area contributed by atoms with Gasteiger partial charge in [-0.25, -0.2) is 4.98 Å². The molecule has 0 radical (unpaired) electrons. The van der Waals surface area contributed by atoms with Gasteiger partial charge in [-0.15, -0.1) is 0 Å². The Labute approximate surface area is 144 Å². The van der Waals surface area contributed by atoms with E-state index in [-0.39, 0.29) is 5.91 Å². The van der Waals surface area contributed by atoms with Crippen molar-refractivity contribution in [2.45, 2.75) is 6.92 Å². The molecular formula is C20H16N4O. The lowest BCUT2D eigenvalue weighted by Crippen LogP contribution is -2.05. The summed E-state index contributed by atoms with van der Waals surface area (Å²) in [6.45, 7) is 1.50. The molecule has 5 heteroatoms. The lowest BCUT2D eigenvalue weighted by Gasteiger charge is -2.07. The van der Waals surface area contributed by atoms with Crippen molar-refractivity contribution in [3.63, 3.8) is 0 Å². The number of anilines is 1. The molecule has 122 valence electrons. The molecule has 0 saturated carbocycles. The standard InChI is InChI=1S/C20H16N4O/c1-13(25)24-17-4-2-3-15(9-17)16-10-18-19(12-23-20(18)22-11-16)14-5-7-21-8-6-14/h2-12H,1H3,(H,22,23)(H,24,25). The van der Waals surface area contributed by atoms with E-state index in [2.05, 4.69) is 26.3 Å². The van der Waals surface area contributed by atoms with Crippen molar-refractivity contribution in [3.8, 4) is 22.3 Å². The van der Waals surface area contributed by atoms with Gasteiger partial charge < -0.3 is 10.3 Å². The predicted molar refractivity (Wildman–Crippen MR) is 99.1 cm³/mol. The number of carbonyl (C=O) groups excluding carboxylic acids is 1. The number of H-pyrrole nitrogens is 1. The molecule has 4 rings (SSSR count). The number of hydrogen-bond acceptors (Lipinski definition) is 3. The molecule has 0 bridgehead atoms. The molecule has 0 saturated heterocycles. The number of hydrogen-bond donors (Lipinski definition) is 2. The van der Waals surface area contributed by atoms with Crippen LogP contribution in [0.5, 0.6) is 0 Å². The van der Waals surface area contributed by atoms with Crippen LogP contribution < -0.4 is 5.32 Å². The molecule has 0 aliphatic heterocycles. The first-order chi connectivity index (χ1) is 12.2. The van der Waals surface area contributed by atoms with Crippen molar-refractivity contribution >= 4 is 22.6 Å². The maximum Gasteiger partial charge on any atom is 0.221 e. The Bertz CT molecular complexity index is 1050. The van der Waals surface area contributed by atoms with Gasteiger partial charge in [0.05, 0.1) is 0 Å². The monoisotopic (exact) mass is 328 g/mol. The summed E-state index contributed by atoms with van der Waals surface area (Å²) in [5, 5.41) is 3.86. The largest absolute Gasteiger partial charge is 0.346 e. The van der Waals surface area contributed by atoms with Crippen molar-refractivity contribution in [1.29, 1.82) is 0 Å². The molecule has 25 heavy (non-hydrogen) atoms. The van der Waals surface area contributed by atoms with E-state index in [1.54, 1.807) is 12.4 Å². The van der Waals surface area contributed by atoms with Crippen LogP contribution in [0.1, 0.15) is 6.92 Å². The Kier molecular flexibility index (Phi) is 3.74. The van der Waals surface area contributed by atoms with Crippen LogP contribution in [0.4, 0.5) is 5.69 Å². The summed E-state index contributed by atoms with van der Waals surface area (Å²) in [6.07, 6.45) is 7.36. The minimum Gasteiger partial charge on any atom is -0.346 e. The first kappa shape index (κ1) is 15.1. The van der Waals surface area contributed by atoms with Crippen LogP contribution in [0.15, 0.2) is 67.3 Å². The number of pyridine rings is 2. The first-order valence-electron chi connectivity index (χ1n) is 7.96. The van der Waals surface area contributed by atoms with Crippen LogP contribution in [0, 0.1) is 0 Å². The fraction of sp³-hybridized carbons (Fsp3) is 0.0500. The molecule has 0 atom stereocenters. The van der Waals surface area contributed by atoms with Gasteiger partial charge in [-0.1, -0.05) is 12.1 Å². The Balaban J connectivity index is 1.80. The highest BCUT2D eigenvalue weighted by atomic mass is 16.1. The first-order valence-corrected chi connectivity index (χ1v) is 7.96. The second-order valence-electron chi connectivity index (χ2n) is 5.82. The molecule has 4 aromatic rings. The molecule has 2 N–H and O–H groups in total. The second kappa shape index (κ2) is 6.20. The van der Waals surface area contributed by atoms with Gasteiger partial charge in [0.15, 0.2) is 0 Å². The fourth-order valence-electron chi connectivity index (χ4n) is 2.91. The number of nitrogens with one attached hydrogen (secondary N) is 2. The predicted octanol–water partition coefficient (Wildman–Crippen LogP) is 4.25. The Morgan fingerprint density at radius 2 is 1.88 bits per heavy atom. The third kappa shape index (κ3) is 2.99. The maximum atomic E-state index is 11.3. The van der Waals surface area contributed by atoms with Crippen LogP contribution in [-0.4, -0.2) is 20.9 Å².